The molecule has 0 saturated heterocycles. The van der Waals surface area contributed by atoms with Crippen LogP contribution in [0, 0.1) is 6.92 Å². The normalized spacial score (nSPS) is 12.0. The van der Waals surface area contributed by atoms with E-state index in [0.29, 0.717) is 17.3 Å². The number of nitrogens with zero attached hydrogens (tertiary/aromatic N) is 2. The molecule has 3 rings (SSSR count). The van der Waals surface area contributed by atoms with Crippen LogP contribution in [-0.4, -0.2) is 38.7 Å². The Labute approximate surface area is 169 Å². The van der Waals surface area contributed by atoms with Crippen molar-refractivity contribution in [2.24, 2.45) is 0 Å². The van der Waals surface area contributed by atoms with Gasteiger partial charge in [-0.05, 0) is 38.0 Å². The number of aliphatic hydroxyl groups excluding tert-OH is 1. The molecule has 8 nitrogen and oxygen atoms in total. The fraction of sp³-hybridized carbons (Fsp3) is 0.286. The number of aromatic nitrogens is 3. The molecule has 3 aromatic rings. The Kier molecular flexibility index (Phi) is 6.58. The lowest BCUT2D eigenvalue weighted by molar-refractivity contribution is 0.0911. The summed E-state index contributed by atoms with van der Waals surface area (Å²) in [7, 11) is 0. The number of hydrogen-bond donors (Lipinski definition) is 4. The van der Waals surface area contributed by atoms with Crippen molar-refractivity contribution < 1.29 is 14.7 Å². The van der Waals surface area contributed by atoms with Gasteiger partial charge in [0.05, 0.1) is 24.4 Å². The van der Waals surface area contributed by atoms with E-state index in [1.54, 1.807) is 18.5 Å². The third kappa shape index (κ3) is 5.18. The van der Waals surface area contributed by atoms with Gasteiger partial charge in [0, 0.05) is 18.0 Å². The van der Waals surface area contributed by atoms with Gasteiger partial charge in [-0.25, -0.2) is 15.4 Å². The topological polar surface area (TPSA) is 112 Å². The molecule has 0 spiro atoms. The number of anilines is 1. The molecule has 0 aliphatic carbocycles. The molecule has 1 atom stereocenters. The van der Waals surface area contributed by atoms with Crippen molar-refractivity contribution in [1.29, 1.82) is 0 Å². The molecular formula is C21H25N5O3. The SMILES string of the molecule is Cc1cnc(NOC(C)C)nc1-c1c[nH]c(C(=O)NC(CO)c2ccccc2)c1. The molecule has 2 heterocycles. The summed E-state index contributed by atoms with van der Waals surface area (Å²) in [6.07, 6.45) is 3.39. The summed E-state index contributed by atoms with van der Waals surface area (Å²) in [6, 6.07) is 10.6. The largest absolute Gasteiger partial charge is 0.394 e. The van der Waals surface area contributed by atoms with Crippen LogP contribution < -0.4 is 10.8 Å². The van der Waals surface area contributed by atoms with E-state index in [-0.39, 0.29) is 18.6 Å². The van der Waals surface area contributed by atoms with E-state index in [2.05, 4.69) is 25.7 Å². The lowest BCUT2D eigenvalue weighted by Crippen LogP contribution is -2.30. The first kappa shape index (κ1) is 20.5. The van der Waals surface area contributed by atoms with Gasteiger partial charge in [0.25, 0.3) is 5.91 Å². The second-order valence-electron chi connectivity index (χ2n) is 6.92. The quantitative estimate of drug-likeness (QED) is 0.436. The molecule has 0 bridgehead atoms. The number of hydrogen-bond acceptors (Lipinski definition) is 6. The minimum Gasteiger partial charge on any atom is -0.394 e. The first-order chi connectivity index (χ1) is 14.0. The molecule has 0 radical (unpaired) electrons. The van der Waals surface area contributed by atoms with Gasteiger partial charge in [-0.1, -0.05) is 30.3 Å². The average Bonchev–Trinajstić information content (AvgIpc) is 3.22. The van der Waals surface area contributed by atoms with E-state index < -0.39 is 6.04 Å². The maximum absolute atomic E-state index is 12.6. The Morgan fingerprint density at radius 1 is 1.28 bits per heavy atom. The summed E-state index contributed by atoms with van der Waals surface area (Å²) in [4.78, 5) is 29.6. The Morgan fingerprint density at radius 2 is 2.03 bits per heavy atom. The van der Waals surface area contributed by atoms with Crippen molar-refractivity contribution in [2.75, 3.05) is 12.1 Å². The summed E-state index contributed by atoms with van der Waals surface area (Å²) in [5.41, 5.74) is 6.24. The Balaban J connectivity index is 1.76. The number of aromatic amines is 1. The molecule has 0 aliphatic rings. The summed E-state index contributed by atoms with van der Waals surface area (Å²) >= 11 is 0. The minimum absolute atomic E-state index is 0.0185. The highest BCUT2D eigenvalue weighted by atomic mass is 16.7. The maximum atomic E-state index is 12.6. The van der Waals surface area contributed by atoms with Gasteiger partial charge < -0.3 is 15.4 Å². The van der Waals surface area contributed by atoms with Crippen molar-refractivity contribution in [2.45, 2.75) is 32.9 Å². The van der Waals surface area contributed by atoms with Crippen LogP contribution in [0.15, 0.2) is 48.8 Å². The fourth-order valence-corrected chi connectivity index (χ4v) is 2.77. The number of rotatable bonds is 8. The molecule has 152 valence electrons. The molecule has 4 N–H and O–H groups in total. The highest BCUT2D eigenvalue weighted by Crippen LogP contribution is 2.23. The number of carbonyl (C=O) groups is 1. The van der Waals surface area contributed by atoms with Gasteiger partial charge in [-0.15, -0.1) is 0 Å². The third-order valence-electron chi connectivity index (χ3n) is 4.25. The Morgan fingerprint density at radius 3 is 2.72 bits per heavy atom. The predicted octanol–water partition coefficient (Wildman–Crippen LogP) is 3.00. The van der Waals surface area contributed by atoms with Crippen LogP contribution >= 0.6 is 0 Å². The van der Waals surface area contributed by atoms with Crippen molar-refractivity contribution in [3.05, 3.63) is 65.6 Å². The van der Waals surface area contributed by atoms with E-state index in [1.165, 1.54) is 0 Å². The molecule has 1 amide bonds. The molecule has 8 heteroatoms. The van der Waals surface area contributed by atoms with Gasteiger partial charge in [0.15, 0.2) is 0 Å². The molecular weight excluding hydrogens is 370 g/mol. The lowest BCUT2D eigenvalue weighted by atomic mass is 10.1. The minimum atomic E-state index is -0.486. The van der Waals surface area contributed by atoms with Crippen LogP contribution in [0.2, 0.25) is 0 Å². The Hall–Kier alpha value is -3.23. The number of benzene rings is 1. The first-order valence-electron chi connectivity index (χ1n) is 9.38. The van der Waals surface area contributed by atoms with E-state index >= 15 is 0 Å². The average molecular weight is 395 g/mol. The van der Waals surface area contributed by atoms with Gasteiger partial charge in [-0.2, -0.15) is 0 Å². The molecule has 0 aliphatic heterocycles. The van der Waals surface area contributed by atoms with Crippen LogP contribution in [0.3, 0.4) is 0 Å². The molecule has 1 aromatic carbocycles. The lowest BCUT2D eigenvalue weighted by Gasteiger charge is -2.16. The molecule has 29 heavy (non-hydrogen) atoms. The van der Waals surface area contributed by atoms with Gasteiger partial charge >= 0.3 is 0 Å². The van der Waals surface area contributed by atoms with Crippen molar-refractivity contribution in [3.8, 4) is 11.3 Å². The third-order valence-corrected chi connectivity index (χ3v) is 4.25. The van der Waals surface area contributed by atoms with E-state index in [1.807, 2.05) is 51.1 Å². The number of aliphatic hydroxyl groups is 1. The van der Waals surface area contributed by atoms with Crippen LogP contribution in [-0.2, 0) is 4.84 Å². The maximum Gasteiger partial charge on any atom is 0.268 e. The van der Waals surface area contributed by atoms with Gasteiger partial charge in [0.2, 0.25) is 5.95 Å². The number of amides is 1. The number of carbonyl (C=O) groups excluding carboxylic acids is 1. The molecule has 1 unspecified atom stereocenters. The zero-order chi connectivity index (χ0) is 20.8. The first-order valence-corrected chi connectivity index (χ1v) is 9.38. The summed E-state index contributed by atoms with van der Waals surface area (Å²) < 4.78 is 0. The van der Waals surface area contributed by atoms with E-state index in [9.17, 15) is 9.90 Å². The second kappa shape index (κ2) is 9.31. The smallest absolute Gasteiger partial charge is 0.268 e. The number of aryl methyl sites for hydroxylation is 1. The van der Waals surface area contributed by atoms with Crippen LogP contribution in [0.5, 0.6) is 0 Å². The highest BCUT2D eigenvalue weighted by Gasteiger charge is 2.17. The van der Waals surface area contributed by atoms with Crippen molar-refractivity contribution >= 4 is 11.9 Å². The summed E-state index contributed by atoms with van der Waals surface area (Å²) in [6.45, 7) is 5.49. The Bertz CT molecular complexity index is 956. The van der Waals surface area contributed by atoms with Crippen molar-refractivity contribution in [3.63, 3.8) is 0 Å². The van der Waals surface area contributed by atoms with Crippen LogP contribution in [0.25, 0.3) is 11.3 Å². The fourth-order valence-electron chi connectivity index (χ4n) is 2.77. The monoisotopic (exact) mass is 395 g/mol. The molecule has 2 aromatic heterocycles. The zero-order valence-electron chi connectivity index (χ0n) is 16.6. The standard InChI is InChI=1S/C21H25N5O3/c1-13(2)29-26-21-23-10-14(3)19(25-21)16-9-17(22-11-16)20(28)24-18(12-27)15-7-5-4-6-8-15/h4-11,13,18,22,27H,12H2,1-3H3,(H,24,28)(H,23,25,26). The van der Waals surface area contributed by atoms with Gasteiger partial charge in [-0.3, -0.25) is 9.63 Å². The van der Waals surface area contributed by atoms with E-state index in [4.69, 9.17) is 4.84 Å². The second-order valence-corrected chi connectivity index (χ2v) is 6.92. The highest BCUT2D eigenvalue weighted by molar-refractivity contribution is 5.94. The van der Waals surface area contributed by atoms with E-state index in [0.717, 1.165) is 16.7 Å². The summed E-state index contributed by atoms with van der Waals surface area (Å²) in [5.74, 6) is 0.0308. The summed E-state index contributed by atoms with van der Waals surface area (Å²) in [5, 5.41) is 12.5. The molecule has 0 fully saturated rings. The van der Waals surface area contributed by atoms with Crippen molar-refractivity contribution in [1.82, 2.24) is 20.3 Å². The molecule has 0 saturated carbocycles. The predicted molar refractivity (Wildman–Crippen MR) is 110 cm³/mol. The zero-order valence-corrected chi connectivity index (χ0v) is 16.6. The van der Waals surface area contributed by atoms with Crippen LogP contribution in [0.1, 0.15) is 41.5 Å². The number of H-pyrrole nitrogens is 1. The number of nitrogens with one attached hydrogen (secondary N) is 3. The van der Waals surface area contributed by atoms with Gasteiger partial charge in [0.1, 0.15) is 5.69 Å². The van der Waals surface area contributed by atoms with Crippen LogP contribution in [0.4, 0.5) is 5.95 Å².